The van der Waals surface area contributed by atoms with Crippen molar-refractivity contribution in [3.05, 3.63) is 52.8 Å². The van der Waals surface area contributed by atoms with Crippen LogP contribution < -0.4 is 11.1 Å². The van der Waals surface area contributed by atoms with Crippen molar-refractivity contribution in [3.63, 3.8) is 0 Å². The minimum absolute atomic E-state index is 0. The monoisotopic (exact) mass is 375 g/mol. The Hall–Kier alpha value is -2.32. The lowest BCUT2D eigenvalue weighted by Crippen LogP contribution is -2.16. The lowest BCUT2D eigenvalue weighted by molar-refractivity contribution is -0.137. The van der Waals surface area contributed by atoms with E-state index in [0.29, 0.717) is 5.56 Å². The van der Waals surface area contributed by atoms with Gasteiger partial charge in [-0.15, -0.1) is 12.4 Å². The third-order valence-electron chi connectivity index (χ3n) is 3.46. The van der Waals surface area contributed by atoms with Gasteiger partial charge in [0.1, 0.15) is 5.69 Å². The molecule has 0 bridgehead atoms. The Morgan fingerprint density at radius 1 is 1.20 bits per heavy atom. The van der Waals surface area contributed by atoms with Gasteiger partial charge in [-0.25, -0.2) is 0 Å². The minimum Gasteiger partial charge on any atom is -0.346 e. The summed E-state index contributed by atoms with van der Waals surface area (Å²) in [5.41, 5.74) is 5.26. The zero-order chi connectivity index (χ0) is 18.1. The van der Waals surface area contributed by atoms with Gasteiger partial charge < -0.3 is 15.6 Å². The molecule has 0 aliphatic heterocycles. The zero-order valence-corrected chi connectivity index (χ0v) is 14.3. The fourth-order valence-corrected chi connectivity index (χ4v) is 2.22. The van der Waals surface area contributed by atoms with Crippen LogP contribution in [-0.4, -0.2) is 16.3 Å². The number of rotatable bonds is 4. The number of nitrogens with zero attached hydrogens (tertiary/aromatic N) is 1. The molecule has 1 amide bonds. The van der Waals surface area contributed by atoms with E-state index in [0.717, 1.165) is 12.1 Å². The van der Waals surface area contributed by atoms with Crippen LogP contribution in [0.5, 0.6) is 0 Å². The highest BCUT2D eigenvalue weighted by Gasteiger charge is 2.31. The molecule has 0 saturated heterocycles. The molecular weight excluding hydrogens is 359 g/mol. The molecule has 1 aromatic carbocycles. The number of carbonyl (C=O) groups excluding carboxylic acids is 2. The number of hydrogen-bond acceptors (Lipinski definition) is 3. The first-order valence-electron chi connectivity index (χ1n) is 7.01. The fourth-order valence-electron chi connectivity index (χ4n) is 2.22. The molecule has 0 atom stereocenters. The van der Waals surface area contributed by atoms with Crippen LogP contribution >= 0.6 is 12.4 Å². The number of benzene rings is 1. The minimum atomic E-state index is -4.54. The van der Waals surface area contributed by atoms with Crippen molar-refractivity contribution >= 4 is 29.8 Å². The number of nitrogens with two attached hydrogens (primary N) is 1. The Labute approximate surface area is 148 Å². The van der Waals surface area contributed by atoms with Crippen LogP contribution in [0.2, 0.25) is 0 Å². The summed E-state index contributed by atoms with van der Waals surface area (Å²) in [7, 11) is 1.57. The number of aryl methyl sites for hydroxylation is 1. The van der Waals surface area contributed by atoms with Crippen molar-refractivity contribution in [3.8, 4) is 0 Å². The average Bonchev–Trinajstić information content (AvgIpc) is 2.88. The number of carbonyl (C=O) groups is 2. The summed E-state index contributed by atoms with van der Waals surface area (Å²) < 4.78 is 40.2. The first kappa shape index (κ1) is 20.7. The summed E-state index contributed by atoms with van der Waals surface area (Å²) in [6.07, 6.45) is -3.06. The highest BCUT2D eigenvalue weighted by Crippen LogP contribution is 2.32. The van der Waals surface area contributed by atoms with Crippen molar-refractivity contribution in [1.29, 1.82) is 0 Å². The van der Waals surface area contributed by atoms with Crippen molar-refractivity contribution in [1.82, 2.24) is 4.57 Å². The van der Waals surface area contributed by atoms with E-state index in [-0.39, 0.29) is 41.7 Å². The number of anilines is 1. The molecule has 2 rings (SSSR count). The molecule has 3 N–H and O–H groups in total. The van der Waals surface area contributed by atoms with E-state index in [4.69, 9.17) is 5.73 Å². The lowest BCUT2D eigenvalue weighted by atomic mass is 10.1. The Bertz CT molecular complexity index is 800. The molecule has 1 aromatic heterocycles. The van der Waals surface area contributed by atoms with Crippen LogP contribution in [0.1, 0.15) is 38.9 Å². The van der Waals surface area contributed by atoms with Gasteiger partial charge in [0.05, 0.1) is 5.56 Å². The first-order valence-corrected chi connectivity index (χ1v) is 7.01. The summed E-state index contributed by atoms with van der Waals surface area (Å²) in [5.74, 6) is -0.832. The molecule has 9 heteroatoms. The highest BCUT2D eigenvalue weighted by molar-refractivity contribution is 6.05. The summed E-state index contributed by atoms with van der Waals surface area (Å²) in [6.45, 7) is 1.27. The first-order chi connectivity index (χ1) is 11.1. The van der Waals surface area contributed by atoms with Gasteiger partial charge in [0, 0.05) is 31.0 Å². The van der Waals surface area contributed by atoms with Gasteiger partial charge in [0.15, 0.2) is 5.78 Å². The van der Waals surface area contributed by atoms with E-state index in [2.05, 4.69) is 5.32 Å². The van der Waals surface area contributed by atoms with Crippen LogP contribution in [0.3, 0.4) is 0 Å². The molecule has 0 saturated carbocycles. The second kappa shape index (κ2) is 7.71. The Kier molecular flexibility index (Phi) is 6.39. The predicted molar refractivity (Wildman–Crippen MR) is 90.0 cm³/mol. The van der Waals surface area contributed by atoms with Crippen LogP contribution in [-0.2, 0) is 19.8 Å². The third-order valence-corrected chi connectivity index (χ3v) is 3.46. The molecule has 25 heavy (non-hydrogen) atoms. The van der Waals surface area contributed by atoms with E-state index < -0.39 is 17.6 Å². The quantitative estimate of drug-likeness (QED) is 0.804. The van der Waals surface area contributed by atoms with Crippen molar-refractivity contribution < 1.29 is 22.8 Å². The average molecular weight is 376 g/mol. The molecular formula is C16H17ClF3N3O2. The maximum absolute atomic E-state index is 12.9. The Morgan fingerprint density at radius 3 is 2.32 bits per heavy atom. The number of nitrogens with one attached hydrogen (secondary N) is 1. The molecule has 0 aliphatic carbocycles. The molecule has 2 aromatic rings. The molecule has 0 fully saturated rings. The molecule has 5 nitrogen and oxygen atoms in total. The second-order valence-electron chi connectivity index (χ2n) is 5.36. The standard InChI is InChI=1S/C16H16F3N3O2.ClH/c1-9(23)11-5-14(22(2)8-11)15(24)21-13-4-10(7-20)3-12(6-13)16(17,18)19;/h3-6,8H,7,20H2,1-2H3,(H,21,24);1H. The number of Topliss-reactive ketones (excluding diaryl/α,β-unsaturated/α-hetero) is 1. The third kappa shape index (κ3) is 4.83. The summed E-state index contributed by atoms with van der Waals surface area (Å²) >= 11 is 0. The maximum Gasteiger partial charge on any atom is 0.416 e. The zero-order valence-electron chi connectivity index (χ0n) is 13.5. The molecule has 0 unspecified atom stereocenters. The highest BCUT2D eigenvalue weighted by atomic mass is 35.5. The van der Waals surface area contributed by atoms with Crippen molar-refractivity contribution in [2.45, 2.75) is 19.6 Å². The summed E-state index contributed by atoms with van der Waals surface area (Å²) in [5, 5.41) is 2.41. The largest absolute Gasteiger partial charge is 0.416 e. The van der Waals surface area contributed by atoms with Crippen molar-refractivity contribution in [2.75, 3.05) is 5.32 Å². The van der Waals surface area contributed by atoms with E-state index >= 15 is 0 Å². The van der Waals surface area contributed by atoms with Crippen LogP contribution in [0.4, 0.5) is 18.9 Å². The molecule has 136 valence electrons. The van der Waals surface area contributed by atoms with E-state index in [1.54, 1.807) is 7.05 Å². The topological polar surface area (TPSA) is 77.1 Å². The van der Waals surface area contributed by atoms with Gasteiger partial charge in [-0.1, -0.05) is 0 Å². The number of amides is 1. The molecule has 0 spiro atoms. The summed E-state index contributed by atoms with van der Waals surface area (Å²) in [4.78, 5) is 23.6. The van der Waals surface area contributed by atoms with Gasteiger partial charge in [-0.2, -0.15) is 13.2 Å². The van der Waals surface area contributed by atoms with Gasteiger partial charge >= 0.3 is 6.18 Å². The number of ketones is 1. The lowest BCUT2D eigenvalue weighted by Gasteiger charge is -2.12. The smallest absolute Gasteiger partial charge is 0.346 e. The van der Waals surface area contributed by atoms with Crippen LogP contribution in [0.15, 0.2) is 30.5 Å². The van der Waals surface area contributed by atoms with Gasteiger partial charge in [0.25, 0.3) is 5.91 Å². The van der Waals surface area contributed by atoms with E-state index in [1.165, 1.54) is 29.8 Å². The Morgan fingerprint density at radius 2 is 1.84 bits per heavy atom. The van der Waals surface area contributed by atoms with Gasteiger partial charge in [-0.05, 0) is 36.8 Å². The molecule has 1 heterocycles. The Balaban J connectivity index is 0.00000312. The number of aromatic nitrogens is 1. The number of hydrogen-bond donors (Lipinski definition) is 2. The second-order valence-corrected chi connectivity index (χ2v) is 5.36. The maximum atomic E-state index is 12.9. The predicted octanol–water partition coefficient (Wildman–Crippen LogP) is 3.38. The van der Waals surface area contributed by atoms with Gasteiger partial charge in [-0.3, -0.25) is 9.59 Å². The SMILES string of the molecule is CC(=O)c1cc(C(=O)Nc2cc(CN)cc(C(F)(F)F)c2)n(C)c1.Cl. The molecule has 0 radical (unpaired) electrons. The van der Waals surface area contributed by atoms with Crippen LogP contribution in [0, 0.1) is 0 Å². The van der Waals surface area contributed by atoms with Crippen LogP contribution in [0.25, 0.3) is 0 Å². The summed E-state index contributed by atoms with van der Waals surface area (Å²) in [6, 6.07) is 4.54. The molecule has 0 aliphatic rings. The van der Waals surface area contributed by atoms with E-state index in [1.807, 2.05) is 0 Å². The number of halogens is 4. The normalized spacial score (nSPS) is 11.0. The van der Waals surface area contributed by atoms with Crippen molar-refractivity contribution in [2.24, 2.45) is 12.8 Å². The van der Waals surface area contributed by atoms with Gasteiger partial charge in [0.2, 0.25) is 0 Å². The number of alkyl halides is 3. The fraction of sp³-hybridized carbons (Fsp3) is 0.250. The van der Waals surface area contributed by atoms with E-state index in [9.17, 15) is 22.8 Å².